The molecule has 2 aromatic heterocycles. The predicted octanol–water partition coefficient (Wildman–Crippen LogP) is 12.5. The molecule has 0 saturated carbocycles. The summed E-state index contributed by atoms with van der Waals surface area (Å²) in [5, 5.41) is 10.1. The number of nitrogens with zero attached hydrogens (tertiary/aromatic N) is 2. The van der Waals surface area contributed by atoms with Crippen LogP contribution in [0.5, 0.6) is 0 Å². The number of aromatic nitrogens is 2. The molecule has 0 aliphatic heterocycles. The number of benzene rings is 7. The molecule has 2 heteroatoms. The van der Waals surface area contributed by atoms with Gasteiger partial charge in [0.1, 0.15) is 0 Å². The second-order valence-corrected chi connectivity index (χ2v) is 14.3. The Morgan fingerprint density at radius 3 is 1.94 bits per heavy atom. The predicted molar refractivity (Wildman–Crippen MR) is 207 cm³/mol. The maximum Gasteiger partial charge on any atom is 0.0972 e. The highest BCUT2D eigenvalue weighted by Gasteiger charge is 2.35. The Balaban J connectivity index is 1.15. The Labute approximate surface area is 285 Å². The SMILES string of the molecule is Cc1cc(-c2ccc3ccc4cccnc4c3n2)c(C)cc1-c1ccc2c(c1)c1ccccc1c1cc3c(cc21)C(C)(C)c1ccccc1-3. The van der Waals surface area contributed by atoms with Crippen LogP contribution in [0.4, 0.5) is 0 Å². The molecule has 49 heavy (non-hydrogen) atoms. The molecule has 0 atom stereocenters. The number of pyridine rings is 2. The van der Waals surface area contributed by atoms with Crippen molar-refractivity contribution in [3.63, 3.8) is 0 Å². The monoisotopic (exact) mass is 626 g/mol. The van der Waals surface area contributed by atoms with Gasteiger partial charge in [0.2, 0.25) is 0 Å². The van der Waals surface area contributed by atoms with Crippen LogP contribution in [0, 0.1) is 13.8 Å². The minimum atomic E-state index is -0.0437. The van der Waals surface area contributed by atoms with Crippen LogP contribution < -0.4 is 0 Å². The van der Waals surface area contributed by atoms with Crippen LogP contribution in [0.15, 0.2) is 134 Å². The largest absolute Gasteiger partial charge is 0.254 e. The molecule has 232 valence electrons. The molecule has 9 aromatic rings. The highest BCUT2D eigenvalue weighted by Crippen LogP contribution is 2.51. The molecule has 0 radical (unpaired) electrons. The van der Waals surface area contributed by atoms with Gasteiger partial charge >= 0.3 is 0 Å². The number of rotatable bonds is 2. The summed E-state index contributed by atoms with van der Waals surface area (Å²) in [5.41, 5.74) is 14.5. The fraction of sp³-hybridized carbons (Fsp3) is 0.106. The van der Waals surface area contributed by atoms with Crippen LogP contribution in [-0.2, 0) is 5.41 Å². The maximum absolute atomic E-state index is 5.17. The molecular formula is C47H34N2. The minimum Gasteiger partial charge on any atom is -0.254 e. The summed E-state index contributed by atoms with van der Waals surface area (Å²) in [5.74, 6) is 0. The third-order valence-electron chi connectivity index (χ3n) is 11.1. The van der Waals surface area contributed by atoms with Crippen molar-refractivity contribution in [2.45, 2.75) is 33.1 Å². The van der Waals surface area contributed by atoms with Gasteiger partial charge < -0.3 is 0 Å². The quantitative estimate of drug-likeness (QED) is 0.178. The number of fused-ring (bicyclic) bond motifs is 12. The van der Waals surface area contributed by atoms with Crippen molar-refractivity contribution in [1.29, 1.82) is 0 Å². The van der Waals surface area contributed by atoms with Crippen LogP contribution in [-0.4, -0.2) is 9.97 Å². The molecule has 0 unspecified atom stereocenters. The smallest absolute Gasteiger partial charge is 0.0972 e. The first kappa shape index (κ1) is 28.2. The van der Waals surface area contributed by atoms with Gasteiger partial charge in [0, 0.05) is 27.9 Å². The van der Waals surface area contributed by atoms with Gasteiger partial charge in [0.05, 0.1) is 16.7 Å². The van der Waals surface area contributed by atoms with E-state index >= 15 is 0 Å². The Bertz CT molecular complexity index is 2880. The van der Waals surface area contributed by atoms with Crippen LogP contribution >= 0.6 is 0 Å². The standard InChI is InChI=1S/C47H34N2/c1-27-23-37(44-20-18-30-16-15-29-10-9-21-48-45(29)46(30)49-44)28(2)22-36(27)31-17-19-34-38(24-31)32-11-5-6-12-33(32)39-25-41-35-13-7-8-14-42(35)47(3,4)43(41)26-40(34)39/h5-26H,1-4H3. The average molecular weight is 627 g/mol. The van der Waals surface area contributed by atoms with Gasteiger partial charge in [-0.25, -0.2) is 4.98 Å². The fourth-order valence-corrected chi connectivity index (χ4v) is 8.59. The molecule has 7 aromatic carbocycles. The summed E-state index contributed by atoms with van der Waals surface area (Å²) < 4.78 is 0. The summed E-state index contributed by atoms with van der Waals surface area (Å²) in [4.78, 5) is 9.84. The molecule has 0 saturated heterocycles. The maximum atomic E-state index is 5.17. The topological polar surface area (TPSA) is 25.8 Å². The third kappa shape index (κ3) is 4.01. The molecule has 0 N–H and O–H groups in total. The van der Waals surface area contributed by atoms with Crippen LogP contribution in [0.25, 0.3) is 87.6 Å². The van der Waals surface area contributed by atoms with Crippen LogP contribution in [0.3, 0.4) is 0 Å². The second-order valence-electron chi connectivity index (χ2n) is 14.3. The highest BCUT2D eigenvalue weighted by molar-refractivity contribution is 6.26. The molecule has 0 spiro atoms. The van der Waals surface area contributed by atoms with E-state index in [0.717, 1.165) is 33.1 Å². The van der Waals surface area contributed by atoms with E-state index in [4.69, 9.17) is 4.98 Å². The van der Waals surface area contributed by atoms with Crippen molar-refractivity contribution in [2.24, 2.45) is 0 Å². The minimum absolute atomic E-state index is 0.0437. The summed E-state index contributed by atoms with van der Waals surface area (Å²) in [7, 11) is 0. The van der Waals surface area contributed by atoms with Gasteiger partial charge in [-0.2, -0.15) is 0 Å². The summed E-state index contributed by atoms with van der Waals surface area (Å²) in [6.45, 7) is 9.16. The van der Waals surface area contributed by atoms with Gasteiger partial charge in [-0.05, 0) is 127 Å². The molecule has 2 nitrogen and oxygen atoms in total. The van der Waals surface area contributed by atoms with E-state index in [0.29, 0.717) is 0 Å². The number of aryl methyl sites for hydroxylation is 2. The summed E-state index contributed by atoms with van der Waals surface area (Å²) in [6, 6.07) is 47.2. The molecule has 10 rings (SSSR count). The molecular weight excluding hydrogens is 593 g/mol. The van der Waals surface area contributed by atoms with E-state index < -0.39 is 0 Å². The second kappa shape index (κ2) is 10.1. The lowest BCUT2D eigenvalue weighted by Gasteiger charge is -2.22. The zero-order valence-electron chi connectivity index (χ0n) is 28.1. The van der Waals surface area contributed by atoms with Gasteiger partial charge in [-0.15, -0.1) is 0 Å². The zero-order chi connectivity index (χ0) is 33.0. The van der Waals surface area contributed by atoms with Gasteiger partial charge in [0.15, 0.2) is 0 Å². The van der Waals surface area contributed by atoms with Crippen molar-refractivity contribution < 1.29 is 0 Å². The molecule has 0 amide bonds. The Morgan fingerprint density at radius 2 is 1.10 bits per heavy atom. The third-order valence-corrected chi connectivity index (χ3v) is 11.1. The van der Waals surface area contributed by atoms with E-state index in [-0.39, 0.29) is 5.41 Å². The van der Waals surface area contributed by atoms with Crippen LogP contribution in [0.1, 0.15) is 36.1 Å². The zero-order valence-corrected chi connectivity index (χ0v) is 28.1. The van der Waals surface area contributed by atoms with E-state index in [1.54, 1.807) is 0 Å². The number of hydrogen-bond donors (Lipinski definition) is 0. The Morgan fingerprint density at radius 1 is 0.449 bits per heavy atom. The van der Waals surface area contributed by atoms with Crippen molar-refractivity contribution in [3.8, 4) is 33.5 Å². The average Bonchev–Trinajstić information content (AvgIpc) is 3.36. The van der Waals surface area contributed by atoms with Crippen LogP contribution in [0.2, 0.25) is 0 Å². The first-order valence-corrected chi connectivity index (χ1v) is 17.2. The van der Waals surface area contributed by atoms with E-state index in [1.165, 1.54) is 76.8 Å². The van der Waals surface area contributed by atoms with Gasteiger partial charge in [-0.3, -0.25) is 4.98 Å². The molecule has 1 aliphatic rings. The lowest BCUT2D eigenvalue weighted by Crippen LogP contribution is -2.14. The van der Waals surface area contributed by atoms with E-state index in [9.17, 15) is 0 Å². The van der Waals surface area contributed by atoms with Gasteiger partial charge in [-0.1, -0.05) is 105 Å². The first-order valence-electron chi connectivity index (χ1n) is 17.2. The van der Waals surface area contributed by atoms with Crippen molar-refractivity contribution >= 4 is 54.1 Å². The van der Waals surface area contributed by atoms with E-state index in [2.05, 4.69) is 154 Å². The highest BCUT2D eigenvalue weighted by atomic mass is 14.8. The van der Waals surface area contributed by atoms with E-state index in [1.807, 2.05) is 12.3 Å². The summed E-state index contributed by atoms with van der Waals surface area (Å²) >= 11 is 0. The Hall–Kier alpha value is -5.86. The van der Waals surface area contributed by atoms with Crippen molar-refractivity contribution in [3.05, 3.63) is 156 Å². The molecule has 1 aliphatic carbocycles. The fourth-order valence-electron chi connectivity index (χ4n) is 8.59. The van der Waals surface area contributed by atoms with Crippen molar-refractivity contribution in [1.82, 2.24) is 9.97 Å². The summed E-state index contributed by atoms with van der Waals surface area (Å²) in [6.07, 6.45) is 1.85. The number of hydrogen-bond acceptors (Lipinski definition) is 2. The van der Waals surface area contributed by atoms with Crippen molar-refractivity contribution in [2.75, 3.05) is 0 Å². The molecule has 2 heterocycles. The molecule has 0 fully saturated rings. The first-order chi connectivity index (χ1) is 23.9. The lowest BCUT2D eigenvalue weighted by molar-refractivity contribution is 0.661. The lowest BCUT2D eigenvalue weighted by atomic mass is 9.81. The normalized spacial score (nSPS) is 13.5. The molecule has 0 bridgehead atoms. The Kier molecular flexibility index (Phi) is 5.79. The van der Waals surface area contributed by atoms with Gasteiger partial charge in [0.25, 0.3) is 0 Å².